The molecule has 1 aliphatic rings. The maximum absolute atomic E-state index is 9.81. The third-order valence-corrected chi connectivity index (χ3v) is 13.8. The van der Waals surface area contributed by atoms with E-state index < -0.39 is 0 Å². The fourth-order valence-corrected chi connectivity index (χ4v) is 10.7. The summed E-state index contributed by atoms with van der Waals surface area (Å²) in [7, 11) is 0. The second-order valence-corrected chi connectivity index (χ2v) is 17.7. The molecule has 1 aliphatic carbocycles. The van der Waals surface area contributed by atoms with Crippen LogP contribution in [0.1, 0.15) is 30.5 Å². The number of nitriles is 1. The van der Waals surface area contributed by atoms with E-state index >= 15 is 0 Å². The predicted octanol–water partition coefficient (Wildman–Crippen LogP) is 15.7. The Morgan fingerprint density at radius 1 is 0.365 bits per heavy atom. The van der Waals surface area contributed by atoms with Crippen LogP contribution >= 0.6 is 0 Å². The van der Waals surface area contributed by atoms with Gasteiger partial charge >= 0.3 is 0 Å². The summed E-state index contributed by atoms with van der Waals surface area (Å²) >= 11 is 0. The van der Waals surface area contributed by atoms with Crippen molar-refractivity contribution in [2.75, 3.05) is 0 Å². The van der Waals surface area contributed by atoms with Crippen LogP contribution in [0.4, 0.5) is 0 Å². The van der Waals surface area contributed by atoms with Crippen molar-refractivity contribution >= 4 is 65.2 Å². The number of benzene rings is 10. The van der Waals surface area contributed by atoms with Crippen molar-refractivity contribution in [1.29, 1.82) is 5.26 Å². The number of para-hydroxylation sites is 2. The van der Waals surface area contributed by atoms with Crippen LogP contribution in [0, 0.1) is 11.3 Å². The molecule has 2 heterocycles. The van der Waals surface area contributed by atoms with Gasteiger partial charge in [-0.3, -0.25) is 0 Å². The minimum absolute atomic E-state index is 0.261. The third-order valence-electron chi connectivity index (χ3n) is 13.8. The van der Waals surface area contributed by atoms with Gasteiger partial charge in [0.15, 0.2) is 0 Å². The zero-order chi connectivity index (χ0) is 42.0. The van der Waals surface area contributed by atoms with Gasteiger partial charge in [0.05, 0.1) is 33.7 Å². The van der Waals surface area contributed by atoms with E-state index in [1.165, 1.54) is 87.4 Å². The summed E-state index contributed by atoms with van der Waals surface area (Å²) in [5.41, 5.74) is 17.0. The Bertz CT molecular complexity index is 3950. The van der Waals surface area contributed by atoms with Gasteiger partial charge in [0.2, 0.25) is 0 Å². The Morgan fingerprint density at radius 3 is 1.54 bits per heavy atom. The summed E-state index contributed by atoms with van der Waals surface area (Å²) in [6.07, 6.45) is 0. The van der Waals surface area contributed by atoms with Crippen molar-refractivity contribution in [3.63, 3.8) is 0 Å². The van der Waals surface area contributed by atoms with Gasteiger partial charge < -0.3 is 9.13 Å². The second kappa shape index (κ2) is 13.2. The van der Waals surface area contributed by atoms with Crippen molar-refractivity contribution in [3.05, 3.63) is 217 Å². The summed E-state index contributed by atoms with van der Waals surface area (Å²) in [6.45, 7) is 4.58. The summed E-state index contributed by atoms with van der Waals surface area (Å²) in [6, 6.07) is 76.0. The van der Waals surface area contributed by atoms with E-state index in [2.05, 4.69) is 223 Å². The molecule has 2 aromatic heterocycles. The number of aromatic nitrogens is 2. The van der Waals surface area contributed by atoms with Crippen molar-refractivity contribution < 1.29 is 0 Å². The first kappa shape index (κ1) is 35.6. The van der Waals surface area contributed by atoms with E-state index in [4.69, 9.17) is 0 Å². The van der Waals surface area contributed by atoms with Crippen LogP contribution in [0.15, 0.2) is 200 Å². The van der Waals surface area contributed by atoms with E-state index in [0.717, 1.165) is 33.6 Å². The lowest BCUT2D eigenvalue weighted by Crippen LogP contribution is -2.15. The Balaban J connectivity index is 1.08. The topological polar surface area (TPSA) is 33.6 Å². The van der Waals surface area contributed by atoms with Gasteiger partial charge in [0.25, 0.3) is 0 Å². The number of nitrogens with zero attached hydrogens (tertiary/aromatic N) is 3. The summed E-state index contributed by atoms with van der Waals surface area (Å²) in [4.78, 5) is 0. The fraction of sp³-hybridized carbons (Fsp3) is 0.0500. The Kier molecular flexibility index (Phi) is 7.42. The van der Waals surface area contributed by atoms with Crippen LogP contribution in [-0.4, -0.2) is 9.13 Å². The maximum atomic E-state index is 9.81. The largest absolute Gasteiger partial charge is 0.309 e. The van der Waals surface area contributed by atoms with Crippen LogP contribution in [0.3, 0.4) is 0 Å². The van der Waals surface area contributed by atoms with Crippen LogP contribution in [0.25, 0.3) is 110 Å². The molecule has 3 nitrogen and oxygen atoms in total. The van der Waals surface area contributed by atoms with Gasteiger partial charge in [0, 0.05) is 38.3 Å². The summed E-state index contributed by atoms with van der Waals surface area (Å²) in [5, 5.41) is 19.7. The van der Waals surface area contributed by atoms with Gasteiger partial charge in [-0.05, 0) is 151 Å². The molecule has 0 saturated carbocycles. The molecule has 63 heavy (non-hydrogen) atoms. The molecule has 0 unspecified atom stereocenters. The van der Waals surface area contributed by atoms with Gasteiger partial charge in [-0.1, -0.05) is 129 Å². The van der Waals surface area contributed by atoms with Gasteiger partial charge in [-0.25, -0.2) is 0 Å². The molecule has 294 valence electrons. The first-order valence-electron chi connectivity index (χ1n) is 21.7. The molecule has 0 amide bonds. The Labute approximate surface area is 364 Å². The molecule has 0 radical (unpaired) electrons. The zero-order valence-corrected chi connectivity index (χ0v) is 34.9. The van der Waals surface area contributed by atoms with E-state index in [0.29, 0.717) is 5.56 Å². The standard InChI is InChI=1S/C60H39N3/c1-60(2)54-26-37(36-61)20-23-48(54)49-24-21-42(32-55(49)60)44-27-45(29-47(28-44)63-56-19-11-10-18-50(56)52-30-38-12-6-9-15-41(38)34-59(52)63)43-22-25-51-53-31-39-13-7-8-14-40(39)33-58(53)62(57(51)35-43)46-16-4-3-5-17-46/h3-35H,1-2H3. The van der Waals surface area contributed by atoms with E-state index in [9.17, 15) is 5.26 Å². The van der Waals surface area contributed by atoms with Crippen molar-refractivity contribution in [3.8, 4) is 50.8 Å². The van der Waals surface area contributed by atoms with E-state index in [1.54, 1.807) is 0 Å². The van der Waals surface area contributed by atoms with Gasteiger partial charge in [-0.15, -0.1) is 0 Å². The normalized spacial score (nSPS) is 13.0. The van der Waals surface area contributed by atoms with E-state index in [-0.39, 0.29) is 5.41 Å². The molecular formula is C60H39N3. The number of hydrogen-bond acceptors (Lipinski definition) is 1. The zero-order valence-electron chi connectivity index (χ0n) is 34.9. The lowest BCUT2D eigenvalue weighted by molar-refractivity contribution is 0.660. The van der Waals surface area contributed by atoms with Crippen molar-refractivity contribution in [1.82, 2.24) is 9.13 Å². The highest BCUT2D eigenvalue weighted by atomic mass is 15.0. The third kappa shape index (κ3) is 5.25. The molecule has 0 spiro atoms. The first-order valence-corrected chi connectivity index (χ1v) is 21.7. The molecule has 0 saturated heterocycles. The fourth-order valence-electron chi connectivity index (χ4n) is 10.7. The second-order valence-electron chi connectivity index (χ2n) is 17.7. The predicted molar refractivity (Wildman–Crippen MR) is 263 cm³/mol. The maximum Gasteiger partial charge on any atom is 0.0991 e. The van der Waals surface area contributed by atoms with E-state index in [1.807, 2.05) is 6.07 Å². The monoisotopic (exact) mass is 801 g/mol. The Morgan fingerprint density at radius 2 is 0.873 bits per heavy atom. The molecule has 0 aliphatic heterocycles. The molecule has 0 bridgehead atoms. The summed E-state index contributed by atoms with van der Waals surface area (Å²) in [5.74, 6) is 0. The lowest BCUT2D eigenvalue weighted by Gasteiger charge is -2.22. The van der Waals surface area contributed by atoms with Crippen LogP contribution in [0.5, 0.6) is 0 Å². The Hall–Kier alpha value is -8.19. The minimum Gasteiger partial charge on any atom is -0.309 e. The first-order chi connectivity index (χ1) is 30.9. The molecule has 0 N–H and O–H groups in total. The number of hydrogen-bond donors (Lipinski definition) is 0. The van der Waals surface area contributed by atoms with Crippen molar-refractivity contribution in [2.24, 2.45) is 0 Å². The summed E-state index contributed by atoms with van der Waals surface area (Å²) < 4.78 is 4.90. The molecule has 10 aromatic carbocycles. The highest BCUT2D eigenvalue weighted by molar-refractivity contribution is 6.15. The van der Waals surface area contributed by atoms with Crippen LogP contribution in [0.2, 0.25) is 0 Å². The van der Waals surface area contributed by atoms with Gasteiger partial charge in [-0.2, -0.15) is 5.26 Å². The average Bonchev–Trinajstić information content (AvgIpc) is 3.91. The quantitative estimate of drug-likeness (QED) is 0.174. The van der Waals surface area contributed by atoms with Crippen LogP contribution < -0.4 is 0 Å². The molecular weight excluding hydrogens is 763 g/mol. The van der Waals surface area contributed by atoms with Gasteiger partial charge in [0.1, 0.15) is 0 Å². The minimum atomic E-state index is -0.261. The highest BCUT2D eigenvalue weighted by Gasteiger charge is 2.36. The molecule has 0 fully saturated rings. The molecule has 0 atom stereocenters. The number of fused-ring (bicyclic) bond motifs is 11. The SMILES string of the molecule is CC1(C)c2cc(C#N)ccc2-c2ccc(-c3cc(-c4ccc5c6cc7ccccc7cc6n(-c6ccccc6)c5c4)cc(-n4c5ccccc5c5cc6ccccc6cc54)c3)cc21. The average molecular weight is 802 g/mol. The molecule has 13 rings (SSSR count). The highest BCUT2D eigenvalue weighted by Crippen LogP contribution is 2.50. The molecule has 3 heteroatoms. The van der Waals surface area contributed by atoms with Crippen molar-refractivity contribution in [2.45, 2.75) is 19.3 Å². The molecule has 12 aromatic rings. The smallest absolute Gasteiger partial charge is 0.0991 e. The number of rotatable bonds is 4. The lowest BCUT2D eigenvalue weighted by atomic mass is 9.81. The van der Waals surface area contributed by atoms with Crippen LogP contribution in [-0.2, 0) is 5.41 Å².